The maximum absolute atomic E-state index is 12.0. The Morgan fingerprint density at radius 2 is 1.88 bits per heavy atom. The molecule has 0 aromatic heterocycles. The monoisotopic (exact) mass is 278 g/mol. The van der Waals surface area contributed by atoms with Crippen molar-refractivity contribution in [1.82, 2.24) is 4.31 Å². The Hall–Kier alpha value is -0.800. The third-order valence-corrected chi connectivity index (χ3v) is 4.64. The minimum absolute atomic E-state index is 0.0392. The predicted molar refractivity (Wildman–Crippen MR) is 61.9 cm³/mol. The van der Waals surface area contributed by atoms with E-state index in [0.29, 0.717) is 0 Å². The number of benzene rings is 1. The lowest BCUT2D eigenvalue weighted by atomic mass is 10.4. The Morgan fingerprint density at radius 1 is 1.38 bits per heavy atom. The second kappa shape index (κ2) is 5.02. The van der Waals surface area contributed by atoms with Gasteiger partial charge in [0.25, 0.3) is 0 Å². The molecule has 1 aromatic carbocycles. The van der Waals surface area contributed by atoms with Gasteiger partial charge in [0.1, 0.15) is 11.4 Å². The van der Waals surface area contributed by atoms with Crippen LogP contribution in [0.1, 0.15) is 0 Å². The lowest BCUT2D eigenvalue weighted by Gasteiger charge is -2.15. The van der Waals surface area contributed by atoms with Crippen LogP contribution in [0.4, 0.5) is 0 Å². The standard InChI is InChI=1S/C9H8Cl2N2O2S/c1-13(6-5-12)16(14,15)9-7(10)3-2-4-8(9)11/h2-4H,6H2,1H3. The van der Waals surface area contributed by atoms with Crippen molar-refractivity contribution < 1.29 is 8.42 Å². The molecule has 0 unspecified atom stereocenters. The van der Waals surface area contributed by atoms with Crippen molar-refractivity contribution in [1.29, 1.82) is 5.26 Å². The molecule has 0 fully saturated rings. The number of rotatable bonds is 3. The van der Waals surface area contributed by atoms with E-state index in [1.165, 1.54) is 19.2 Å². The summed E-state index contributed by atoms with van der Waals surface area (Å²) >= 11 is 11.6. The number of halogens is 2. The van der Waals surface area contributed by atoms with Crippen LogP contribution in [0.2, 0.25) is 10.0 Å². The zero-order valence-electron chi connectivity index (χ0n) is 8.31. The SMILES string of the molecule is CN(CC#N)S(=O)(=O)c1c(Cl)cccc1Cl. The van der Waals surface area contributed by atoms with Crippen molar-refractivity contribution >= 4 is 33.2 Å². The Labute approximate surface area is 104 Å². The fourth-order valence-electron chi connectivity index (χ4n) is 1.07. The van der Waals surface area contributed by atoms with Crippen LogP contribution in [0.3, 0.4) is 0 Å². The predicted octanol–water partition coefficient (Wildman–Crippen LogP) is 2.14. The number of sulfonamides is 1. The molecule has 1 rings (SSSR count). The second-order valence-corrected chi connectivity index (χ2v) is 5.77. The molecule has 86 valence electrons. The van der Waals surface area contributed by atoms with Gasteiger partial charge in [0.2, 0.25) is 10.0 Å². The summed E-state index contributed by atoms with van der Waals surface area (Å²) in [6.07, 6.45) is 0. The van der Waals surface area contributed by atoms with Gasteiger partial charge in [-0.2, -0.15) is 9.57 Å². The molecular formula is C9H8Cl2N2O2S. The van der Waals surface area contributed by atoms with Crippen molar-refractivity contribution in [2.24, 2.45) is 0 Å². The zero-order valence-corrected chi connectivity index (χ0v) is 10.6. The summed E-state index contributed by atoms with van der Waals surface area (Å²) < 4.78 is 24.8. The molecule has 0 radical (unpaired) electrons. The highest BCUT2D eigenvalue weighted by Crippen LogP contribution is 2.30. The van der Waals surface area contributed by atoms with Gasteiger partial charge in [-0.15, -0.1) is 0 Å². The first kappa shape index (κ1) is 13.3. The molecule has 7 heteroatoms. The molecule has 4 nitrogen and oxygen atoms in total. The maximum atomic E-state index is 12.0. The Balaban J connectivity index is 3.34. The lowest BCUT2D eigenvalue weighted by Crippen LogP contribution is -2.27. The summed E-state index contributed by atoms with van der Waals surface area (Å²) in [4.78, 5) is -0.170. The molecule has 0 saturated heterocycles. The van der Waals surface area contributed by atoms with Gasteiger partial charge in [0.15, 0.2) is 0 Å². The van der Waals surface area contributed by atoms with E-state index < -0.39 is 10.0 Å². The van der Waals surface area contributed by atoms with Crippen LogP contribution in [0.25, 0.3) is 0 Å². The molecule has 0 bridgehead atoms. The molecule has 0 spiro atoms. The van der Waals surface area contributed by atoms with Gasteiger partial charge in [-0.25, -0.2) is 8.42 Å². The van der Waals surface area contributed by atoms with Crippen molar-refractivity contribution in [3.05, 3.63) is 28.2 Å². The van der Waals surface area contributed by atoms with Gasteiger partial charge in [-0.3, -0.25) is 0 Å². The van der Waals surface area contributed by atoms with E-state index in [4.69, 9.17) is 28.5 Å². The topological polar surface area (TPSA) is 61.2 Å². The first-order chi connectivity index (χ1) is 7.41. The third kappa shape index (κ3) is 2.47. The first-order valence-corrected chi connectivity index (χ1v) is 6.38. The highest BCUT2D eigenvalue weighted by atomic mass is 35.5. The summed E-state index contributed by atoms with van der Waals surface area (Å²) in [6, 6.07) is 6.15. The van der Waals surface area contributed by atoms with Gasteiger partial charge >= 0.3 is 0 Å². The summed E-state index contributed by atoms with van der Waals surface area (Å²) in [6.45, 7) is -0.260. The summed E-state index contributed by atoms with van der Waals surface area (Å²) in [7, 11) is -2.53. The molecule has 0 amide bonds. The smallest absolute Gasteiger partial charge is 0.207 e. The van der Waals surface area contributed by atoms with E-state index in [-0.39, 0.29) is 21.5 Å². The average Bonchev–Trinajstić information content (AvgIpc) is 2.17. The van der Waals surface area contributed by atoms with E-state index in [1.807, 2.05) is 0 Å². The molecule has 0 atom stereocenters. The maximum Gasteiger partial charge on any atom is 0.246 e. The Morgan fingerprint density at radius 3 is 2.31 bits per heavy atom. The van der Waals surface area contributed by atoms with Crippen LogP contribution in [0.5, 0.6) is 0 Å². The molecule has 1 aromatic rings. The quantitative estimate of drug-likeness (QED) is 0.796. The molecule has 16 heavy (non-hydrogen) atoms. The number of nitrogens with zero attached hydrogens (tertiary/aromatic N) is 2. The first-order valence-electron chi connectivity index (χ1n) is 4.18. The fraction of sp³-hybridized carbons (Fsp3) is 0.222. The molecule has 0 aliphatic heterocycles. The second-order valence-electron chi connectivity index (χ2n) is 2.97. The van der Waals surface area contributed by atoms with E-state index >= 15 is 0 Å². The fourth-order valence-corrected chi connectivity index (χ4v) is 3.22. The highest BCUT2D eigenvalue weighted by Gasteiger charge is 2.25. The number of nitriles is 1. The van der Waals surface area contributed by atoms with Crippen LogP contribution in [-0.4, -0.2) is 26.3 Å². The van der Waals surface area contributed by atoms with Crippen LogP contribution in [0.15, 0.2) is 23.1 Å². The molecule has 0 aliphatic carbocycles. The van der Waals surface area contributed by atoms with Gasteiger partial charge in [0, 0.05) is 7.05 Å². The minimum Gasteiger partial charge on any atom is -0.207 e. The highest BCUT2D eigenvalue weighted by molar-refractivity contribution is 7.89. The normalized spacial score (nSPS) is 11.4. The van der Waals surface area contributed by atoms with Gasteiger partial charge < -0.3 is 0 Å². The van der Waals surface area contributed by atoms with E-state index in [2.05, 4.69) is 0 Å². The molecule has 0 saturated carbocycles. The number of hydrogen-bond acceptors (Lipinski definition) is 3. The molecule has 0 aliphatic rings. The summed E-state index contributed by atoms with van der Waals surface area (Å²) in [5.41, 5.74) is 0. The van der Waals surface area contributed by atoms with Crippen LogP contribution < -0.4 is 0 Å². The van der Waals surface area contributed by atoms with Crippen molar-refractivity contribution in [3.63, 3.8) is 0 Å². The molecular weight excluding hydrogens is 271 g/mol. The minimum atomic E-state index is -3.82. The largest absolute Gasteiger partial charge is 0.246 e. The molecule has 0 N–H and O–H groups in total. The molecule has 0 heterocycles. The van der Waals surface area contributed by atoms with Crippen molar-refractivity contribution in [3.8, 4) is 6.07 Å². The lowest BCUT2D eigenvalue weighted by molar-refractivity contribution is 0.502. The zero-order chi connectivity index (χ0) is 12.3. The van der Waals surface area contributed by atoms with Crippen molar-refractivity contribution in [2.75, 3.05) is 13.6 Å². The van der Waals surface area contributed by atoms with Gasteiger partial charge in [-0.1, -0.05) is 29.3 Å². The van der Waals surface area contributed by atoms with E-state index in [1.54, 1.807) is 12.1 Å². The third-order valence-electron chi connectivity index (χ3n) is 1.88. The van der Waals surface area contributed by atoms with E-state index in [0.717, 1.165) is 4.31 Å². The van der Waals surface area contributed by atoms with Gasteiger partial charge in [0.05, 0.1) is 16.1 Å². The van der Waals surface area contributed by atoms with Crippen molar-refractivity contribution in [2.45, 2.75) is 4.90 Å². The Bertz CT molecular complexity index is 517. The van der Waals surface area contributed by atoms with E-state index in [9.17, 15) is 8.42 Å². The Kier molecular flexibility index (Phi) is 4.16. The summed E-state index contributed by atoms with van der Waals surface area (Å²) in [5.74, 6) is 0. The average molecular weight is 279 g/mol. The van der Waals surface area contributed by atoms with Crippen LogP contribution in [0, 0.1) is 11.3 Å². The van der Waals surface area contributed by atoms with Gasteiger partial charge in [-0.05, 0) is 12.1 Å². The summed E-state index contributed by atoms with van der Waals surface area (Å²) in [5, 5.41) is 8.54. The number of hydrogen-bond donors (Lipinski definition) is 0. The van der Waals surface area contributed by atoms with Crippen LogP contribution in [-0.2, 0) is 10.0 Å². The van der Waals surface area contributed by atoms with Crippen LogP contribution >= 0.6 is 23.2 Å².